The molecular weight excluding hydrogens is 318 g/mol. The van der Waals surface area contributed by atoms with Crippen molar-refractivity contribution in [3.63, 3.8) is 0 Å². The second kappa shape index (κ2) is 8.28. The fourth-order valence-electron chi connectivity index (χ4n) is 2.54. The molecule has 1 aliphatic heterocycles. The fourth-order valence-corrected chi connectivity index (χ4v) is 2.54. The fraction of sp³-hybridized carbons (Fsp3) is 0.316. The van der Waals surface area contributed by atoms with Crippen LogP contribution in [0.2, 0.25) is 0 Å². The van der Waals surface area contributed by atoms with Gasteiger partial charge in [-0.05, 0) is 36.2 Å². The molecule has 0 saturated carbocycles. The molecule has 1 atom stereocenters. The highest BCUT2D eigenvalue weighted by atomic mass is 16.6. The highest BCUT2D eigenvalue weighted by Crippen LogP contribution is 2.30. The number of nitrogens with two attached hydrogens (primary N) is 1. The molecule has 1 heterocycles. The maximum absolute atomic E-state index is 5.92. The Balaban J connectivity index is 1.41. The van der Waals surface area contributed by atoms with Crippen molar-refractivity contribution in [3.8, 4) is 17.2 Å². The van der Waals surface area contributed by atoms with Crippen molar-refractivity contribution in [1.29, 1.82) is 0 Å². The van der Waals surface area contributed by atoms with Crippen molar-refractivity contribution >= 4 is 5.96 Å². The lowest BCUT2D eigenvalue weighted by molar-refractivity contribution is 0.0972. The van der Waals surface area contributed by atoms with E-state index in [1.807, 2.05) is 48.5 Å². The average Bonchev–Trinajstić information content (AvgIpc) is 2.67. The molecule has 2 aromatic rings. The van der Waals surface area contributed by atoms with E-state index in [-0.39, 0.29) is 6.10 Å². The highest BCUT2D eigenvalue weighted by molar-refractivity contribution is 5.77. The number of fused-ring (bicyclic) bond motifs is 1. The predicted molar refractivity (Wildman–Crippen MR) is 97.5 cm³/mol. The van der Waals surface area contributed by atoms with Crippen molar-refractivity contribution in [2.45, 2.75) is 12.5 Å². The van der Waals surface area contributed by atoms with Gasteiger partial charge in [0.2, 0.25) is 0 Å². The first-order valence-corrected chi connectivity index (χ1v) is 8.30. The number of aliphatic imine (C=N–C) groups is 1. The van der Waals surface area contributed by atoms with Gasteiger partial charge in [-0.25, -0.2) is 4.99 Å². The second-order valence-electron chi connectivity index (χ2n) is 5.75. The number of nitrogens with zero attached hydrogens (tertiary/aromatic N) is 1. The topological polar surface area (TPSA) is 78.1 Å². The second-order valence-corrected chi connectivity index (χ2v) is 5.75. The summed E-state index contributed by atoms with van der Waals surface area (Å²) in [4.78, 5) is 4.34. The van der Waals surface area contributed by atoms with Crippen LogP contribution in [0.15, 0.2) is 53.5 Å². The van der Waals surface area contributed by atoms with E-state index < -0.39 is 0 Å². The summed E-state index contributed by atoms with van der Waals surface area (Å²) in [6.45, 7) is 1.64. The van der Waals surface area contributed by atoms with Gasteiger partial charge in [-0.2, -0.15) is 0 Å². The largest absolute Gasteiger partial charge is 0.497 e. The molecule has 6 nitrogen and oxygen atoms in total. The summed E-state index contributed by atoms with van der Waals surface area (Å²) in [6.07, 6.45) is 0.730. The maximum Gasteiger partial charge on any atom is 0.188 e. The molecule has 132 valence electrons. The van der Waals surface area contributed by atoms with Gasteiger partial charge in [-0.1, -0.05) is 24.3 Å². The number of hydrogen-bond acceptors (Lipinski definition) is 4. The van der Waals surface area contributed by atoms with Crippen LogP contribution < -0.4 is 25.3 Å². The molecule has 0 radical (unpaired) electrons. The Morgan fingerprint density at radius 2 is 1.96 bits per heavy atom. The molecule has 0 fully saturated rings. The van der Waals surface area contributed by atoms with Crippen molar-refractivity contribution in [2.75, 3.05) is 26.8 Å². The summed E-state index contributed by atoms with van der Waals surface area (Å²) in [5.41, 5.74) is 7.13. The van der Waals surface area contributed by atoms with Crippen molar-refractivity contribution in [3.05, 3.63) is 54.1 Å². The molecule has 0 unspecified atom stereocenters. The smallest absolute Gasteiger partial charge is 0.188 e. The molecule has 0 amide bonds. The van der Waals surface area contributed by atoms with Gasteiger partial charge >= 0.3 is 0 Å². The van der Waals surface area contributed by atoms with Gasteiger partial charge in [-0.3, -0.25) is 0 Å². The summed E-state index contributed by atoms with van der Waals surface area (Å²) in [5, 5.41) is 3.12. The van der Waals surface area contributed by atoms with Gasteiger partial charge in [-0.15, -0.1) is 0 Å². The van der Waals surface area contributed by atoms with E-state index in [1.165, 1.54) is 5.56 Å². The number of hydrogen-bond donors (Lipinski definition) is 2. The minimum absolute atomic E-state index is 0.128. The zero-order valence-corrected chi connectivity index (χ0v) is 14.3. The van der Waals surface area contributed by atoms with Crippen LogP contribution >= 0.6 is 0 Å². The lowest BCUT2D eigenvalue weighted by Crippen LogP contribution is -2.36. The first-order valence-electron chi connectivity index (χ1n) is 8.30. The summed E-state index contributed by atoms with van der Waals surface area (Å²) >= 11 is 0. The van der Waals surface area contributed by atoms with E-state index in [4.69, 9.17) is 19.9 Å². The minimum Gasteiger partial charge on any atom is -0.497 e. The molecule has 6 heteroatoms. The maximum atomic E-state index is 5.92. The molecule has 0 bridgehead atoms. The first kappa shape index (κ1) is 17.0. The van der Waals surface area contributed by atoms with Crippen LogP contribution in [-0.2, 0) is 6.42 Å². The zero-order chi connectivity index (χ0) is 17.5. The third kappa shape index (κ3) is 4.79. The standard InChI is InChI=1S/C19H23N3O3/c1-23-15-8-6-14(7-9-15)10-11-21-19(20)22-12-16-13-24-17-4-2-3-5-18(17)25-16/h2-9,16H,10-13H2,1H3,(H3,20,21,22)/t16-/m0/s1. The van der Waals surface area contributed by atoms with Gasteiger partial charge in [0.25, 0.3) is 0 Å². The van der Waals surface area contributed by atoms with E-state index in [0.717, 1.165) is 23.7 Å². The Labute approximate surface area is 147 Å². The number of benzene rings is 2. The van der Waals surface area contributed by atoms with Crippen LogP contribution in [0.25, 0.3) is 0 Å². The van der Waals surface area contributed by atoms with Crippen molar-refractivity contribution in [1.82, 2.24) is 5.32 Å². The van der Waals surface area contributed by atoms with Crippen molar-refractivity contribution < 1.29 is 14.2 Å². The summed E-state index contributed by atoms with van der Waals surface area (Å²) in [6, 6.07) is 15.6. The number of para-hydroxylation sites is 2. The Bertz CT molecular complexity index is 716. The highest BCUT2D eigenvalue weighted by Gasteiger charge is 2.20. The minimum atomic E-state index is -0.128. The molecule has 0 aliphatic carbocycles. The van der Waals surface area contributed by atoms with Crippen LogP contribution in [0, 0.1) is 0 Å². The van der Waals surface area contributed by atoms with Crippen LogP contribution in [0.5, 0.6) is 17.2 Å². The summed E-state index contributed by atoms with van der Waals surface area (Å²) in [7, 11) is 1.66. The molecule has 25 heavy (non-hydrogen) atoms. The molecular formula is C19H23N3O3. The van der Waals surface area contributed by atoms with Crippen LogP contribution in [-0.4, -0.2) is 38.9 Å². The van der Waals surface area contributed by atoms with E-state index in [2.05, 4.69) is 10.3 Å². The van der Waals surface area contributed by atoms with E-state index in [9.17, 15) is 0 Å². The number of nitrogens with one attached hydrogen (secondary N) is 1. The average molecular weight is 341 g/mol. The first-order chi connectivity index (χ1) is 12.2. The van der Waals surface area contributed by atoms with Gasteiger partial charge in [0, 0.05) is 6.54 Å². The van der Waals surface area contributed by atoms with Gasteiger partial charge in [0.1, 0.15) is 12.4 Å². The van der Waals surface area contributed by atoms with Gasteiger partial charge in [0.05, 0.1) is 13.7 Å². The Morgan fingerprint density at radius 3 is 2.72 bits per heavy atom. The van der Waals surface area contributed by atoms with E-state index >= 15 is 0 Å². The van der Waals surface area contributed by atoms with Crippen LogP contribution in [0.1, 0.15) is 5.56 Å². The van der Waals surface area contributed by atoms with Crippen LogP contribution in [0.3, 0.4) is 0 Å². The van der Waals surface area contributed by atoms with Crippen LogP contribution in [0.4, 0.5) is 0 Å². The monoisotopic (exact) mass is 341 g/mol. The Kier molecular flexibility index (Phi) is 5.61. The molecule has 0 aromatic heterocycles. The molecule has 2 aromatic carbocycles. The van der Waals surface area contributed by atoms with Gasteiger partial charge < -0.3 is 25.3 Å². The normalized spacial score (nSPS) is 16.4. The number of guanidine groups is 1. The lowest BCUT2D eigenvalue weighted by Gasteiger charge is -2.25. The third-order valence-electron chi connectivity index (χ3n) is 3.91. The number of rotatable bonds is 6. The van der Waals surface area contributed by atoms with E-state index in [1.54, 1.807) is 7.11 Å². The van der Waals surface area contributed by atoms with Gasteiger partial charge in [0.15, 0.2) is 23.6 Å². The van der Waals surface area contributed by atoms with Crippen molar-refractivity contribution in [2.24, 2.45) is 10.7 Å². The molecule has 3 rings (SSSR count). The molecule has 0 saturated heterocycles. The molecule has 1 aliphatic rings. The Hall–Kier alpha value is -2.89. The third-order valence-corrected chi connectivity index (χ3v) is 3.91. The lowest BCUT2D eigenvalue weighted by atomic mass is 10.1. The zero-order valence-electron chi connectivity index (χ0n) is 14.3. The van der Waals surface area contributed by atoms with E-state index in [0.29, 0.717) is 25.7 Å². The Morgan fingerprint density at radius 1 is 1.20 bits per heavy atom. The number of methoxy groups -OCH3 is 1. The predicted octanol–water partition coefficient (Wildman–Crippen LogP) is 1.98. The quantitative estimate of drug-likeness (QED) is 0.620. The number of ether oxygens (including phenoxy) is 3. The molecule has 3 N–H and O–H groups in total. The summed E-state index contributed by atoms with van der Waals surface area (Å²) < 4.78 is 16.7. The summed E-state index contributed by atoms with van der Waals surface area (Å²) in [5.74, 6) is 2.79. The molecule has 0 spiro atoms. The SMILES string of the molecule is COc1ccc(CCNC(N)=NC[C@H]2COc3ccccc3O2)cc1.